The van der Waals surface area contributed by atoms with Gasteiger partial charge in [0.05, 0.1) is 0 Å². The summed E-state index contributed by atoms with van der Waals surface area (Å²) < 4.78 is 0. The van der Waals surface area contributed by atoms with E-state index in [0.717, 1.165) is 44.5 Å². The second kappa shape index (κ2) is 10.1. The molecular weight excluding hydrogens is 426 g/mol. The maximum absolute atomic E-state index is 12.1. The molecule has 0 aliphatic heterocycles. The number of primary amides is 1. The van der Waals surface area contributed by atoms with Gasteiger partial charge in [-0.1, -0.05) is 121 Å². The van der Waals surface area contributed by atoms with Gasteiger partial charge < -0.3 is 5.73 Å². The average molecular weight is 452 g/mol. The summed E-state index contributed by atoms with van der Waals surface area (Å²) in [5.74, 6) is -0.431. The highest BCUT2D eigenvalue weighted by Crippen LogP contribution is 2.34. The van der Waals surface area contributed by atoms with Crippen LogP contribution in [0.25, 0.3) is 33.9 Å². The molecule has 0 saturated heterocycles. The summed E-state index contributed by atoms with van der Waals surface area (Å²) in [5, 5.41) is 0. The van der Waals surface area contributed by atoms with E-state index in [1.807, 2.05) is 36.4 Å². The lowest BCUT2D eigenvalue weighted by atomic mass is 9.89. The summed E-state index contributed by atoms with van der Waals surface area (Å²) in [6, 6.07) is 45.0. The van der Waals surface area contributed by atoms with Crippen molar-refractivity contribution in [2.45, 2.75) is 0 Å². The molecule has 0 saturated carbocycles. The molecule has 5 aromatic rings. The molecular formula is C33H25NO. The molecule has 0 aliphatic rings. The Labute approximate surface area is 206 Å². The molecule has 0 bridgehead atoms. The van der Waals surface area contributed by atoms with Crippen molar-refractivity contribution in [3.8, 4) is 22.3 Å². The highest BCUT2D eigenvalue weighted by atomic mass is 16.1. The number of amides is 1. The van der Waals surface area contributed by atoms with Crippen molar-refractivity contribution in [2.24, 2.45) is 5.73 Å². The zero-order valence-corrected chi connectivity index (χ0v) is 19.3. The van der Waals surface area contributed by atoms with Crippen LogP contribution in [0.4, 0.5) is 0 Å². The van der Waals surface area contributed by atoms with Gasteiger partial charge in [-0.3, -0.25) is 4.79 Å². The standard InChI is InChI=1S/C33H25NO/c34-33(35)31-19-11-10-18-30(31)27-20-21-29(24-12-4-1-5-13-24)28(22-27)23-32(25-14-6-2-7-15-25)26-16-8-3-9-17-26/h1-23H,(H2,34,35). The first kappa shape index (κ1) is 22.1. The first-order chi connectivity index (χ1) is 17.2. The molecule has 0 unspecified atom stereocenters. The van der Waals surface area contributed by atoms with E-state index in [1.165, 1.54) is 0 Å². The SMILES string of the molecule is NC(=O)c1ccccc1-c1ccc(-c2ccccc2)c(C=C(c2ccccc2)c2ccccc2)c1. The van der Waals surface area contributed by atoms with Gasteiger partial charge in [-0.2, -0.15) is 0 Å². The van der Waals surface area contributed by atoms with Crippen molar-refractivity contribution < 1.29 is 4.79 Å². The number of carbonyl (C=O) groups excluding carboxylic acids is 1. The fourth-order valence-electron chi connectivity index (χ4n) is 4.40. The number of benzene rings is 5. The van der Waals surface area contributed by atoms with Crippen LogP contribution in [-0.2, 0) is 0 Å². The van der Waals surface area contributed by atoms with E-state index in [0.29, 0.717) is 5.56 Å². The first-order valence-electron chi connectivity index (χ1n) is 11.6. The van der Waals surface area contributed by atoms with Crippen LogP contribution in [0.1, 0.15) is 27.0 Å². The molecule has 2 nitrogen and oxygen atoms in total. The number of hydrogen-bond acceptors (Lipinski definition) is 1. The van der Waals surface area contributed by atoms with E-state index < -0.39 is 5.91 Å². The van der Waals surface area contributed by atoms with Crippen LogP contribution in [0.3, 0.4) is 0 Å². The fraction of sp³-hybridized carbons (Fsp3) is 0. The predicted octanol–water partition coefficient (Wildman–Crippen LogP) is 7.71. The quantitative estimate of drug-likeness (QED) is 0.264. The van der Waals surface area contributed by atoms with Gasteiger partial charge in [0, 0.05) is 5.56 Å². The highest BCUT2D eigenvalue weighted by molar-refractivity contribution is 6.01. The first-order valence-corrected chi connectivity index (χ1v) is 11.6. The maximum Gasteiger partial charge on any atom is 0.249 e. The Bertz CT molecular complexity index is 1450. The molecule has 0 atom stereocenters. The van der Waals surface area contributed by atoms with Crippen LogP contribution >= 0.6 is 0 Å². The van der Waals surface area contributed by atoms with E-state index in [-0.39, 0.29) is 0 Å². The number of hydrogen-bond donors (Lipinski definition) is 1. The van der Waals surface area contributed by atoms with Gasteiger partial charge in [-0.05, 0) is 62.7 Å². The lowest BCUT2D eigenvalue weighted by Gasteiger charge is -2.14. The van der Waals surface area contributed by atoms with Crippen LogP contribution in [-0.4, -0.2) is 5.91 Å². The molecule has 0 aromatic heterocycles. The van der Waals surface area contributed by atoms with E-state index in [9.17, 15) is 4.79 Å². The van der Waals surface area contributed by atoms with Crippen molar-refractivity contribution in [2.75, 3.05) is 0 Å². The Morgan fingerprint density at radius 3 is 1.69 bits per heavy atom. The van der Waals surface area contributed by atoms with Gasteiger partial charge in [0.2, 0.25) is 5.91 Å². The van der Waals surface area contributed by atoms with Crippen LogP contribution in [0.5, 0.6) is 0 Å². The summed E-state index contributed by atoms with van der Waals surface area (Å²) in [5.41, 5.74) is 14.7. The Balaban J connectivity index is 1.76. The second-order valence-electron chi connectivity index (χ2n) is 8.37. The third kappa shape index (κ3) is 4.83. The summed E-state index contributed by atoms with van der Waals surface area (Å²) in [6.07, 6.45) is 2.24. The monoisotopic (exact) mass is 451 g/mol. The van der Waals surface area contributed by atoms with E-state index in [4.69, 9.17) is 5.73 Å². The normalized spacial score (nSPS) is 10.5. The summed E-state index contributed by atoms with van der Waals surface area (Å²) in [4.78, 5) is 12.1. The second-order valence-corrected chi connectivity index (χ2v) is 8.37. The van der Waals surface area contributed by atoms with Crippen LogP contribution in [0.2, 0.25) is 0 Å². The largest absolute Gasteiger partial charge is 0.366 e. The summed E-state index contributed by atoms with van der Waals surface area (Å²) >= 11 is 0. The fourth-order valence-corrected chi connectivity index (χ4v) is 4.40. The van der Waals surface area contributed by atoms with Gasteiger partial charge in [-0.25, -0.2) is 0 Å². The van der Waals surface area contributed by atoms with Crippen molar-refractivity contribution in [3.63, 3.8) is 0 Å². The molecule has 35 heavy (non-hydrogen) atoms. The van der Waals surface area contributed by atoms with Crippen molar-refractivity contribution in [3.05, 3.63) is 156 Å². The Morgan fingerprint density at radius 1 is 0.543 bits per heavy atom. The van der Waals surface area contributed by atoms with Gasteiger partial charge in [0.15, 0.2) is 0 Å². The molecule has 5 rings (SSSR count). The maximum atomic E-state index is 12.1. The minimum absolute atomic E-state index is 0.431. The van der Waals surface area contributed by atoms with Crippen LogP contribution in [0, 0.1) is 0 Å². The van der Waals surface area contributed by atoms with Gasteiger partial charge >= 0.3 is 0 Å². The predicted molar refractivity (Wildman–Crippen MR) is 146 cm³/mol. The summed E-state index contributed by atoms with van der Waals surface area (Å²) in [6.45, 7) is 0. The van der Waals surface area contributed by atoms with E-state index in [2.05, 4.69) is 97.1 Å². The number of rotatable bonds is 6. The van der Waals surface area contributed by atoms with E-state index in [1.54, 1.807) is 6.07 Å². The zero-order valence-electron chi connectivity index (χ0n) is 19.3. The van der Waals surface area contributed by atoms with Gasteiger partial charge in [0.25, 0.3) is 0 Å². The molecule has 1 amide bonds. The minimum atomic E-state index is -0.431. The van der Waals surface area contributed by atoms with Crippen molar-refractivity contribution in [1.29, 1.82) is 0 Å². The third-order valence-electron chi connectivity index (χ3n) is 6.11. The smallest absolute Gasteiger partial charge is 0.249 e. The van der Waals surface area contributed by atoms with Crippen molar-refractivity contribution >= 4 is 17.6 Å². The number of nitrogens with two attached hydrogens (primary N) is 1. The molecule has 0 heterocycles. The molecule has 0 aliphatic carbocycles. The minimum Gasteiger partial charge on any atom is -0.366 e. The Kier molecular flexibility index (Phi) is 6.36. The molecule has 5 aromatic carbocycles. The van der Waals surface area contributed by atoms with Crippen molar-refractivity contribution in [1.82, 2.24) is 0 Å². The average Bonchev–Trinajstić information content (AvgIpc) is 2.93. The molecule has 2 N–H and O–H groups in total. The zero-order chi connectivity index (χ0) is 24.0. The van der Waals surface area contributed by atoms with Crippen LogP contribution in [0.15, 0.2) is 133 Å². The lowest BCUT2D eigenvalue weighted by Crippen LogP contribution is -2.12. The molecule has 0 fully saturated rings. The van der Waals surface area contributed by atoms with Crippen LogP contribution < -0.4 is 5.73 Å². The third-order valence-corrected chi connectivity index (χ3v) is 6.11. The molecule has 0 radical (unpaired) electrons. The molecule has 2 heteroatoms. The van der Waals surface area contributed by atoms with E-state index >= 15 is 0 Å². The molecule has 0 spiro atoms. The Hall–Kier alpha value is -4.69. The Morgan fingerprint density at radius 2 is 1.09 bits per heavy atom. The molecule has 168 valence electrons. The lowest BCUT2D eigenvalue weighted by molar-refractivity contribution is 0.100. The summed E-state index contributed by atoms with van der Waals surface area (Å²) in [7, 11) is 0. The topological polar surface area (TPSA) is 43.1 Å². The van der Waals surface area contributed by atoms with Gasteiger partial charge in [0.1, 0.15) is 0 Å². The number of carbonyl (C=O) groups is 1. The highest BCUT2D eigenvalue weighted by Gasteiger charge is 2.13. The van der Waals surface area contributed by atoms with Gasteiger partial charge in [-0.15, -0.1) is 0 Å².